The Hall–Kier alpha value is -2.47. The van der Waals surface area contributed by atoms with Crippen LogP contribution in [0.2, 0.25) is 0 Å². The van der Waals surface area contributed by atoms with E-state index in [9.17, 15) is 4.79 Å². The fourth-order valence-corrected chi connectivity index (χ4v) is 4.37. The van der Waals surface area contributed by atoms with Gasteiger partial charge in [0, 0.05) is 56.7 Å². The minimum absolute atomic E-state index is 0.00414. The van der Waals surface area contributed by atoms with Gasteiger partial charge in [-0.25, -0.2) is 9.97 Å². The van der Waals surface area contributed by atoms with E-state index in [1.54, 1.807) is 31.4 Å². The molecule has 1 aliphatic carbocycles. The zero-order valence-electron chi connectivity index (χ0n) is 17.4. The number of benzene rings is 1. The number of rotatable bonds is 5. The summed E-state index contributed by atoms with van der Waals surface area (Å²) in [5, 5.41) is 0. The molecule has 2 aliphatic rings. The minimum Gasteiger partial charge on any atom is -0.460 e. The topological polar surface area (TPSA) is 58.6 Å². The van der Waals surface area contributed by atoms with Gasteiger partial charge in [-0.05, 0) is 43.4 Å². The Morgan fingerprint density at radius 1 is 0.966 bits per heavy atom. The average molecular weight is 395 g/mol. The number of hydrogen-bond acceptors (Lipinski definition) is 5. The molecule has 1 aromatic carbocycles. The molecular weight excluding hydrogens is 364 g/mol. The van der Waals surface area contributed by atoms with Crippen molar-refractivity contribution in [3.8, 4) is 17.1 Å². The lowest BCUT2D eigenvalue weighted by atomic mass is 10.0. The van der Waals surface area contributed by atoms with Gasteiger partial charge in [0.1, 0.15) is 6.10 Å². The highest BCUT2D eigenvalue weighted by atomic mass is 16.5. The van der Waals surface area contributed by atoms with Crippen molar-refractivity contribution >= 4 is 5.91 Å². The molecule has 29 heavy (non-hydrogen) atoms. The van der Waals surface area contributed by atoms with Crippen molar-refractivity contribution in [2.75, 3.05) is 27.2 Å². The summed E-state index contributed by atoms with van der Waals surface area (Å²) in [6.45, 7) is 2.23. The molecule has 1 saturated carbocycles. The van der Waals surface area contributed by atoms with Crippen LogP contribution >= 0.6 is 0 Å². The van der Waals surface area contributed by atoms with E-state index in [1.807, 2.05) is 24.3 Å². The van der Waals surface area contributed by atoms with Crippen molar-refractivity contribution in [2.45, 2.75) is 50.7 Å². The largest absolute Gasteiger partial charge is 0.460 e. The number of likely N-dealkylation sites (tertiary alicyclic amines) is 1. The van der Waals surface area contributed by atoms with Crippen LogP contribution in [0.1, 0.15) is 48.9 Å². The van der Waals surface area contributed by atoms with Crippen molar-refractivity contribution in [1.82, 2.24) is 19.8 Å². The van der Waals surface area contributed by atoms with Crippen LogP contribution in [0.3, 0.4) is 0 Å². The molecule has 0 unspecified atom stereocenters. The molecule has 0 N–H and O–H groups in total. The van der Waals surface area contributed by atoms with Crippen LogP contribution in [0.5, 0.6) is 6.01 Å². The first-order valence-electron chi connectivity index (χ1n) is 10.6. The predicted octanol–water partition coefficient (Wildman–Crippen LogP) is 3.63. The lowest BCUT2D eigenvalue weighted by Gasteiger charge is -2.35. The van der Waals surface area contributed by atoms with Crippen molar-refractivity contribution in [2.24, 2.45) is 0 Å². The van der Waals surface area contributed by atoms with Gasteiger partial charge in [0.2, 0.25) is 0 Å². The number of carbonyl (C=O) groups excluding carboxylic acids is 1. The predicted molar refractivity (Wildman–Crippen MR) is 113 cm³/mol. The van der Waals surface area contributed by atoms with Gasteiger partial charge in [0.05, 0.1) is 0 Å². The third kappa shape index (κ3) is 4.75. The van der Waals surface area contributed by atoms with Gasteiger partial charge in [0.15, 0.2) is 0 Å². The van der Waals surface area contributed by atoms with Gasteiger partial charge in [-0.15, -0.1) is 0 Å². The fourth-order valence-electron chi connectivity index (χ4n) is 4.37. The summed E-state index contributed by atoms with van der Waals surface area (Å²) >= 11 is 0. The summed E-state index contributed by atoms with van der Waals surface area (Å²) in [4.78, 5) is 25.0. The molecule has 1 amide bonds. The van der Waals surface area contributed by atoms with Crippen molar-refractivity contribution in [3.05, 3.63) is 42.2 Å². The highest BCUT2D eigenvalue weighted by molar-refractivity contribution is 5.94. The second-order valence-electron chi connectivity index (χ2n) is 8.32. The van der Waals surface area contributed by atoms with Gasteiger partial charge in [-0.3, -0.25) is 4.79 Å². The molecule has 1 aromatic heterocycles. The van der Waals surface area contributed by atoms with Gasteiger partial charge in [-0.1, -0.05) is 25.0 Å². The number of nitrogens with zero attached hydrogens (tertiary/aromatic N) is 4. The van der Waals surface area contributed by atoms with Crippen molar-refractivity contribution < 1.29 is 9.53 Å². The van der Waals surface area contributed by atoms with E-state index in [0.29, 0.717) is 11.6 Å². The standard InChI is InChI=1S/C23H30N4O2/c1-26(2)22(28)18-9-7-17(8-10-18)19-15-24-23(25-16-19)29-21-11-13-27(14-12-21)20-5-3-4-6-20/h7-10,15-16,20-21H,3-6,11-14H2,1-2H3. The Kier molecular flexibility index (Phi) is 6.09. The van der Waals surface area contributed by atoms with E-state index in [4.69, 9.17) is 4.74 Å². The zero-order valence-corrected chi connectivity index (χ0v) is 17.4. The molecule has 1 saturated heterocycles. The van der Waals surface area contributed by atoms with Crippen LogP contribution in [0.4, 0.5) is 0 Å². The molecule has 0 bridgehead atoms. The Balaban J connectivity index is 1.32. The van der Waals surface area contributed by atoms with Gasteiger partial charge in [0.25, 0.3) is 5.91 Å². The van der Waals surface area contributed by atoms with Crippen LogP contribution in [-0.4, -0.2) is 65.0 Å². The third-order valence-corrected chi connectivity index (χ3v) is 6.09. The maximum absolute atomic E-state index is 12.0. The smallest absolute Gasteiger partial charge is 0.316 e. The Morgan fingerprint density at radius 2 is 1.59 bits per heavy atom. The summed E-state index contributed by atoms with van der Waals surface area (Å²) in [6, 6.07) is 8.77. The van der Waals surface area contributed by atoms with Gasteiger partial charge in [-0.2, -0.15) is 0 Å². The summed E-state index contributed by atoms with van der Waals surface area (Å²) in [5.74, 6) is -0.00414. The molecule has 1 aliphatic heterocycles. The van der Waals surface area contributed by atoms with E-state index >= 15 is 0 Å². The van der Waals surface area contributed by atoms with Crippen LogP contribution < -0.4 is 4.74 Å². The minimum atomic E-state index is -0.00414. The molecule has 154 valence electrons. The maximum atomic E-state index is 12.0. The second-order valence-corrected chi connectivity index (χ2v) is 8.32. The summed E-state index contributed by atoms with van der Waals surface area (Å²) in [5.41, 5.74) is 2.57. The second kappa shape index (κ2) is 8.91. The highest BCUT2D eigenvalue weighted by Gasteiger charge is 2.28. The van der Waals surface area contributed by atoms with Crippen LogP contribution in [-0.2, 0) is 0 Å². The molecule has 4 rings (SSSR count). The molecule has 2 fully saturated rings. The summed E-state index contributed by atoms with van der Waals surface area (Å²) in [7, 11) is 3.50. The zero-order chi connectivity index (χ0) is 20.2. The SMILES string of the molecule is CN(C)C(=O)c1ccc(-c2cnc(OC3CCN(C4CCCC4)CC3)nc2)cc1. The molecule has 2 aromatic rings. The number of hydrogen-bond donors (Lipinski definition) is 0. The number of aromatic nitrogens is 2. The lowest BCUT2D eigenvalue weighted by Crippen LogP contribution is -2.43. The van der Waals surface area contributed by atoms with E-state index in [-0.39, 0.29) is 12.0 Å². The fraction of sp³-hybridized carbons (Fsp3) is 0.522. The molecule has 6 nitrogen and oxygen atoms in total. The molecule has 0 radical (unpaired) electrons. The first kappa shape index (κ1) is 19.8. The normalized spacial score (nSPS) is 18.7. The maximum Gasteiger partial charge on any atom is 0.316 e. The van der Waals surface area contributed by atoms with E-state index < -0.39 is 0 Å². The monoisotopic (exact) mass is 394 g/mol. The van der Waals surface area contributed by atoms with Crippen molar-refractivity contribution in [1.29, 1.82) is 0 Å². The van der Waals surface area contributed by atoms with E-state index in [2.05, 4.69) is 14.9 Å². The van der Waals surface area contributed by atoms with Crippen LogP contribution in [0.15, 0.2) is 36.7 Å². The Labute approximate surface area is 172 Å². The van der Waals surface area contributed by atoms with Crippen LogP contribution in [0.25, 0.3) is 11.1 Å². The lowest BCUT2D eigenvalue weighted by molar-refractivity contribution is 0.0710. The summed E-state index contributed by atoms with van der Waals surface area (Å²) < 4.78 is 6.04. The first-order chi connectivity index (χ1) is 14.1. The number of amides is 1. The third-order valence-electron chi connectivity index (χ3n) is 6.09. The Bertz CT molecular complexity index is 806. The first-order valence-corrected chi connectivity index (χ1v) is 10.6. The molecule has 0 spiro atoms. The molecule has 6 heteroatoms. The quantitative estimate of drug-likeness (QED) is 0.775. The number of ether oxygens (including phenoxy) is 1. The summed E-state index contributed by atoms with van der Waals surface area (Å²) in [6.07, 6.45) is 11.4. The molecular formula is C23H30N4O2. The van der Waals surface area contributed by atoms with E-state index in [1.165, 1.54) is 25.7 Å². The van der Waals surface area contributed by atoms with Crippen molar-refractivity contribution in [3.63, 3.8) is 0 Å². The molecule has 0 atom stereocenters. The van der Waals surface area contributed by atoms with Gasteiger partial charge < -0.3 is 14.5 Å². The Morgan fingerprint density at radius 3 is 2.17 bits per heavy atom. The van der Waals surface area contributed by atoms with Crippen LogP contribution in [0, 0.1) is 0 Å². The number of carbonyl (C=O) groups is 1. The highest BCUT2D eigenvalue weighted by Crippen LogP contribution is 2.27. The molecule has 2 heterocycles. The van der Waals surface area contributed by atoms with E-state index in [0.717, 1.165) is 43.1 Å². The number of piperidine rings is 1. The van der Waals surface area contributed by atoms with Gasteiger partial charge >= 0.3 is 6.01 Å². The average Bonchev–Trinajstić information content (AvgIpc) is 3.29.